The van der Waals surface area contributed by atoms with Gasteiger partial charge < -0.3 is 10.6 Å². The van der Waals surface area contributed by atoms with Crippen LogP contribution in [0.15, 0.2) is 67.0 Å². The molecule has 0 bridgehead atoms. The number of carbonyl (C=O) groups is 1. The first-order valence-corrected chi connectivity index (χ1v) is 8.65. The van der Waals surface area contributed by atoms with Gasteiger partial charge in [0.15, 0.2) is 0 Å². The molecule has 0 atom stereocenters. The first kappa shape index (κ1) is 19.4. The summed E-state index contributed by atoms with van der Waals surface area (Å²) in [6.45, 7) is 2.07. The van der Waals surface area contributed by atoms with Gasteiger partial charge in [-0.05, 0) is 54.4 Å². The van der Waals surface area contributed by atoms with E-state index in [0.717, 1.165) is 24.2 Å². The Bertz CT molecular complexity index is 952. The van der Waals surface area contributed by atoms with Gasteiger partial charge in [0.2, 0.25) is 0 Å². The second kappa shape index (κ2) is 8.12. The summed E-state index contributed by atoms with van der Waals surface area (Å²) in [5.74, 6) is -0.461. The zero-order valence-corrected chi connectivity index (χ0v) is 15.0. The lowest BCUT2D eigenvalue weighted by Crippen LogP contribution is -2.13. The summed E-state index contributed by atoms with van der Waals surface area (Å²) < 4.78 is 37.8. The number of halogens is 3. The topological polar surface area (TPSA) is 54.0 Å². The molecule has 1 amide bonds. The van der Waals surface area contributed by atoms with Crippen LogP contribution >= 0.6 is 0 Å². The number of nitrogens with zero attached hydrogens (tertiary/aromatic N) is 1. The third-order valence-electron chi connectivity index (χ3n) is 4.12. The predicted molar refractivity (Wildman–Crippen MR) is 103 cm³/mol. The molecule has 0 aliphatic heterocycles. The molecule has 0 radical (unpaired) electrons. The summed E-state index contributed by atoms with van der Waals surface area (Å²) in [6.07, 6.45) is -0.489. The molecule has 28 heavy (non-hydrogen) atoms. The largest absolute Gasteiger partial charge is 0.416 e. The van der Waals surface area contributed by atoms with Gasteiger partial charge in [-0.2, -0.15) is 13.2 Å². The standard InChI is InChI=1S/C21H18F3N3O/c1-2-14-3-7-17(8-4-14)26-19-11-15(12-25-13-19)20(28)27-18-9-5-16(6-10-18)21(22,23)24/h3-13,26H,2H2,1H3,(H,27,28). The molecule has 3 rings (SSSR count). The predicted octanol–water partition coefficient (Wildman–Crippen LogP) is 5.66. The Hall–Kier alpha value is -3.35. The van der Waals surface area contributed by atoms with Crippen molar-refractivity contribution in [3.63, 3.8) is 0 Å². The van der Waals surface area contributed by atoms with Crippen LogP contribution in [0, 0.1) is 0 Å². The lowest BCUT2D eigenvalue weighted by molar-refractivity contribution is -0.137. The van der Waals surface area contributed by atoms with E-state index in [-0.39, 0.29) is 11.3 Å². The highest BCUT2D eigenvalue weighted by molar-refractivity contribution is 6.04. The average molecular weight is 385 g/mol. The Morgan fingerprint density at radius 2 is 1.57 bits per heavy atom. The highest BCUT2D eigenvalue weighted by Crippen LogP contribution is 2.30. The maximum Gasteiger partial charge on any atom is 0.416 e. The van der Waals surface area contributed by atoms with E-state index in [2.05, 4.69) is 22.5 Å². The molecule has 0 fully saturated rings. The van der Waals surface area contributed by atoms with Crippen LogP contribution in [-0.4, -0.2) is 10.9 Å². The van der Waals surface area contributed by atoms with Crippen LogP contribution in [-0.2, 0) is 12.6 Å². The molecule has 3 aromatic rings. The van der Waals surface area contributed by atoms with Gasteiger partial charge in [-0.3, -0.25) is 9.78 Å². The summed E-state index contributed by atoms with van der Waals surface area (Å²) in [5, 5.41) is 5.74. The molecule has 0 aliphatic rings. The number of benzene rings is 2. The van der Waals surface area contributed by atoms with Crippen LogP contribution in [0.1, 0.15) is 28.4 Å². The van der Waals surface area contributed by atoms with Crippen LogP contribution < -0.4 is 10.6 Å². The van der Waals surface area contributed by atoms with Crippen molar-refractivity contribution in [3.05, 3.63) is 83.7 Å². The molecule has 2 aromatic carbocycles. The second-order valence-corrected chi connectivity index (χ2v) is 6.17. The Morgan fingerprint density at radius 3 is 2.18 bits per heavy atom. The van der Waals surface area contributed by atoms with Gasteiger partial charge in [-0.1, -0.05) is 19.1 Å². The fraction of sp³-hybridized carbons (Fsp3) is 0.143. The molecular formula is C21H18F3N3O. The van der Waals surface area contributed by atoms with E-state index < -0.39 is 17.6 Å². The minimum atomic E-state index is -4.41. The molecule has 4 nitrogen and oxygen atoms in total. The number of pyridine rings is 1. The summed E-state index contributed by atoms with van der Waals surface area (Å²) in [4.78, 5) is 16.4. The molecule has 1 heterocycles. The lowest BCUT2D eigenvalue weighted by Gasteiger charge is -2.10. The van der Waals surface area contributed by atoms with Gasteiger partial charge in [0.25, 0.3) is 5.91 Å². The molecule has 7 heteroatoms. The van der Waals surface area contributed by atoms with E-state index >= 15 is 0 Å². The summed E-state index contributed by atoms with van der Waals surface area (Å²) >= 11 is 0. The minimum Gasteiger partial charge on any atom is -0.354 e. The second-order valence-electron chi connectivity index (χ2n) is 6.17. The summed E-state index contributed by atoms with van der Waals surface area (Å²) in [7, 11) is 0. The van der Waals surface area contributed by atoms with Crippen LogP contribution in [0.4, 0.5) is 30.2 Å². The highest BCUT2D eigenvalue weighted by atomic mass is 19.4. The molecule has 0 spiro atoms. The van der Waals surface area contributed by atoms with Gasteiger partial charge in [0.1, 0.15) is 0 Å². The third-order valence-corrected chi connectivity index (χ3v) is 4.12. The number of alkyl halides is 3. The van der Waals surface area contributed by atoms with Crippen LogP contribution in [0.5, 0.6) is 0 Å². The Kier molecular flexibility index (Phi) is 5.63. The maximum absolute atomic E-state index is 12.6. The van der Waals surface area contributed by atoms with Gasteiger partial charge in [-0.25, -0.2) is 0 Å². The molecule has 144 valence electrons. The number of carbonyl (C=O) groups excluding carboxylic acids is 1. The number of hydrogen-bond donors (Lipinski definition) is 2. The average Bonchev–Trinajstić information content (AvgIpc) is 2.68. The van der Waals surface area contributed by atoms with Gasteiger partial charge in [-0.15, -0.1) is 0 Å². The smallest absolute Gasteiger partial charge is 0.354 e. The van der Waals surface area contributed by atoms with E-state index in [1.807, 2.05) is 24.3 Å². The highest BCUT2D eigenvalue weighted by Gasteiger charge is 2.30. The fourth-order valence-corrected chi connectivity index (χ4v) is 2.57. The number of aryl methyl sites for hydroxylation is 1. The minimum absolute atomic E-state index is 0.270. The van der Waals surface area contributed by atoms with Gasteiger partial charge in [0.05, 0.1) is 23.0 Å². The van der Waals surface area contributed by atoms with Crippen LogP contribution in [0.25, 0.3) is 0 Å². The molecule has 0 saturated carbocycles. The molecule has 2 N–H and O–H groups in total. The normalized spacial score (nSPS) is 11.1. The van der Waals surface area contributed by atoms with Crippen molar-refractivity contribution >= 4 is 23.0 Å². The molecular weight excluding hydrogens is 367 g/mol. The number of nitrogens with one attached hydrogen (secondary N) is 2. The van der Waals surface area contributed by atoms with Crippen molar-refractivity contribution in [1.82, 2.24) is 4.98 Å². The van der Waals surface area contributed by atoms with Crippen molar-refractivity contribution in [2.24, 2.45) is 0 Å². The van der Waals surface area contributed by atoms with E-state index in [0.29, 0.717) is 5.69 Å². The number of hydrogen-bond acceptors (Lipinski definition) is 3. The summed E-state index contributed by atoms with van der Waals surface area (Å²) in [5.41, 5.74) is 2.49. The summed E-state index contributed by atoms with van der Waals surface area (Å²) in [6, 6.07) is 13.8. The molecule has 1 aromatic heterocycles. The lowest BCUT2D eigenvalue weighted by atomic mass is 10.1. The zero-order chi connectivity index (χ0) is 20.1. The van der Waals surface area contributed by atoms with Gasteiger partial charge >= 0.3 is 6.18 Å². The third kappa shape index (κ3) is 4.88. The number of amides is 1. The van der Waals surface area contributed by atoms with Crippen molar-refractivity contribution in [1.29, 1.82) is 0 Å². The van der Waals surface area contributed by atoms with E-state index in [1.54, 1.807) is 12.3 Å². The number of rotatable bonds is 5. The van der Waals surface area contributed by atoms with Gasteiger partial charge in [0, 0.05) is 17.6 Å². The monoisotopic (exact) mass is 385 g/mol. The van der Waals surface area contributed by atoms with Crippen molar-refractivity contribution in [2.45, 2.75) is 19.5 Å². The SMILES string of the molecule is CCc1ccc(Nc2cncc(C(=O)Nc3ccc(C(F)(F)F)cc3)c2)cc1. The molecule has 0 saturated heterocycles. The van der Waals surface area contributed by atoms with Crippen LogP contribution in [0.3, 0.4) is 0 Å². The van der Waals surface area contributed by atoms with E-state index in [1.165, 1.54) is 23.9 Å². The van der Waals surface area contributed by atoms with Crippen molar-refractivity contribution in [3.8, 4) is 0 Å². The Balaban J connectivity index is 1.69. The first-order valence-electron chi connectivity index (χ1n) is 8.65. The van der Waals surface area contributed by atoms with Crippen molar-refractivity contribution in [2.75, 3.05) is 10.6 Å². The van der Waals surface area contributed by atoms with Crippen LogP contribution in [0.2, 0.25) is 0 Å². The van der Waals surface area contributed by atoms with E-state index in [9.17, 15) is 18.0 Å². The molecule has 0 unspecified atom stereocenters. The molecule has 0 aliphatic carbocycles. The van der Waals surface area contributed by atoms with Crippen molar-refractivity contribution < 1.29 is 18.0 Å². The number of aromatic nitrogens is 1. The van der Waals surface area contributed by atoms with E-state index in [4.69, 9.17) is 0 Å². The number of anilines is 3. The Labute approximate surface area is 160 Å². The first-order chi connectivity index (χ1) is 13.3. The quantitative estimate of drug-likeness (QED) is 0.596. The zero-order valence-electron chi connectivity index (χ0n) is 15.0. The Morgan fingerprint density at radius 1 is 0.929 bits per heavy atom. The maximum atomic E-state index is 12.6. The fourth-order valence-electron chi connectivity index (χ4n) is 2.57.